The van der Waals surface area contributed by atoms with Crippen molar-refractivity contribution in [1.29, 1.82) is 0 Å². The van der Waals surface area contributed by atoms with Crippen LogP contribution in [-0.2, 0) is 19.1 Å². The molecule has 4 nitrogen and oxygen atoms in total. The maximum absolute atomic E-state index is 12.8. The first-order valence-corrected chi connectivity index (χ1v) is 9.57. The van der Waals surface area contributed by atoms with Gasteiger partial charge in [-0.25, -0.2) is 0 Å². The summed E-state index contributed by atoms with van der Waals surface area (Å²) in [5, 5.41) is 0. The highest BCUT2D eigenvalue weighted by Crippen LogP contribution is 2.73. The van der Waals surface area contributed by atoms with E-state index < -0.39 is 22.8 Å². The van der Waals surface area contributed by atoms with E-state index in [0.29, 0.717) is 6.42 Å². The fraction of sp³-hybridized carbons (Fsp3) is 0.280. The molecule has 0 atom stereocenters. The Morgan fingerprint density at radius 3 is 1.45 bits per heavy atom. The Labute approximate surface area is 171 Å². The minimum absolute atomic E-state index is 0.323. The highest BCUT2D eigenvalue weighted by Gasteiger charge is 2.79. The number of hydrogen-bond donors (Lipinski definition) is 0. The molecule has 0 aliphatic heterocycles. The van der Waals surface area contributed by atoms with Crippen molar-refractivity contribution in [3.63, 3.8) is 0 Å². The summed E-state index contributed by atoms with van der Waals surface area (Å²) in [7, 11) is 2.62. The van der Waals surface area contributed by atoms with Crippen LogP contribution in [0.25, 0.3) is 12.2 Å². The summed E-state index contributed by atoms with van der Waals surface area (Å²) in [6, 6.07) is 19.7. The first-order valence-electron chi connectivity index (χ1n) is 9.57. The number of hydrogen-bond acceptors (Lipinski definition) is 4. The van der Waals surface area contributed by atoms with Gasteiger partial charge in [0.15, 0.2) is 5.41 Å². The minimum Gasteiger partial charge on any atom is -0.468 e. The van der Waals surface area contributed by atoms with E-state index in [1.54, 1.807) is 0 Å². The van der Waals surface area contributed by atoms with Crippen molar-refractivity contribution in [2.75, 3.05) is 14.2 Å². The molecule has 0 saturated heterocycles. The maximum Gasteiger partial charge on any atom is 0.324 e. The normalized spacial score (nSPS) is 17.4. The lowest BCUT2D eigenvalue weighted by Gasteiger charge is -2.25. The van der Waals surface area contributed by atoms with E-state index in [2.05, 4.69) is 0 Å². The zero-order valence-corrected chi connectivity index (χ0v) is 17.3. The van der Waals surface area contributed by atoms with E-state index in [0.717, 1.165) is 22.3 Å². The molecule has 1 aliphatic carbocycles. The lowest BCUT2D eigenvalue weighted by atomic mass is 9.79. The molecule has 2 aromatic carbocycles. The first kappa shape index (κ1) is 20.6. The lowest BCUT2D eigenvalue weighted by molar-refractivity contribution is -0.162. The smallest absolute Gasteiger partial charge is 0.324 e. The SMILES string of the molecule is COC(=O)C1(C(=O)OC)CC1(/C(C)=C/c1ccccc1)/C(C)=C/c1ccccc1. The maximum atomic E-state index is 12.8. The Hall–Kier alpha value is -3.14. The zero-order valence-electron chi connectivity index (χ0n) is 17.3. The molecule has 2 aromatic rings. The standard InChI is InChI=1S/C25H26O4/c1-18(15-20-11-7-5-8-12-20)24(19(2)16-21-13-9-6-10-14-21)17-25(24,22(26)28-3)23(27)29-4/h5-16H,17H2,1-4H3/b18-15+,19-16+. The topological polar surface area (TPSA) is 52.6 Å². The molecule has 1 aliphatic rings. The fourth-order valence-corrected chi connectivity index (χ4v) is 4.39. The molecule has 29 heavy (non-hydrogen) atoms. The average molecular weight is 390 g/mol. The third kappa shape index (κ3) is 3.39. The van der Waals surface area contributed by atoms with Crippen LogP contribution < -0.4 is 0 Å². The van der Waals surface area contributed by atoms with Crippen molar-refractivity contribution in [1.82, 2.24) is 0 Å². The molecule has 0 bridgehead atoms. The molecular formula is C25H26O4. The first-order chi connectivity index (χ1) is 13.9. The molecule has 150 valence electrons. The quantitative estimate of drug-likeness (QED) is 0.519. The summed E-state index contributed by atoms with van der Waals surface area (Å²) < 4.78 is 10.1. The van der Waals surface area contributed by atoms with Crippen LogP contribution in [0.1, 0.15) is 31.4 Å². The van der Waals surface area contributed by atoms with Crippen LogP contribution in [0.3, 0.4) is 0 Å². The molecule has 0 N–H and O–H groups in total. The molecule has 0 amide bonds. The molecule has 1 saturated carbocycles. The molecular weight excluding hydrogens is 364 g/mol. The van der Waals surface area contributed by atoms with Gasteiger partial charge in [0.1, 0.15) is 0 Å². The van der Waals surface area contributed by atoms with Gasteiger partial charge >= 0.3 is 11.9 Å². The van der Waals surface area contributed by atoms with Crippen LogP contribution in [0, 0.1) is 10.8 Å². The second kappa shape index (κ2) is 8.08. The van der Waals surface area contributed by atoms with Crippen LogP contribution in [-0.4, -0.2) is 26.2 Å². The second-order valence-corrected chi connectivity index (χ2v) is 7.45. The molecule has 1 fully saturated rings. The Kier molecular flexibility index (Phi) is 5.73. The molecule has 0 heterocycles. The van der Waals surface area contributed by atoms with E-state index in [-0.39, 0.29) is 0 Å². The number of carbonyl (C=O) groups is 2. The van der Waals surface area contributed by atoms with Crippen molar-refractivity contribution >= 4 is 24.1 Å². The highest BCUT2D eigenvalue weighted by atomic mass is 16.5. The predicted octanol–water partition coefficient (Wildman–Crippen LogP) is 4.92. The van der Waals surface area contributed by atoms with E-state index in [4.69, 9.17) is 9.47 Å². The average Bonchev–Trinajstić information content (AvgIpc) is 3.47. The fourth-order valence-electron chi connectivity index (χ4n) is 4.39. The van der Waals surface area contributed by atoms with Gasteiger partial charge in [0.2, 0.25) is 0 Å². The number of esters is 2. The van der Waals surface area contributed by atoms with Crippen LogP contribution in [0.5, 0.6) is 0 Å². The summed E-state index contributed by atoms with van der Waals surface area (Å²) in [6.45, 7) is 3.92. The largest absolute Gasteiger partial charge is 0.468 e. The van der Waals surface area contributed by atoms with Gasteiger partial charge in [-0.05, 0) is 31.4 Å². The van der Waals surface area contributed by atoms with Crippen molar-refractivity contribution in [3.05, 3.63) is 82.9 Å². The third-order valence-corrected chi connectivity index (χ3v) is 5.91. The monoisotopic (exact) mass is 390 g/mol. The molecule has 0 spiro atoms. The summed E-state index contributed by atoms with van der Waals surface area (Å²) in [5.41, 5.74) is 1.69. The van der Waals surface area contributed by atoms with Gasteiger partial charge < -0.3 is 9.47 Å². The number of methoxy groups -OCH3 is 2. The van der Waals surface area contributed by atoms with Gasteiger partial charge in [0.05, 0.1) is 14.2 Å². The van der Waals surface area contributed by atoms with Crippen LogP contribution in [0.15, 0.2) is 71.8 Å². The van der Waals surface area contributed by atoms with Crippen molar-refractivity contribution in [3.8, 4) is 0 Å². The van der Waals surface area contributed by atoms with E-state index in [9.17, 15) is 9.59 Å². The van der Waals surface area contributed by atoms with Crippen LogP contribution in [0.2, 0.25) is 0 Å². The van der Waals surface area contributed by atoms with E-state index in [1.165, 1.54) is 14.2 Å². The van der Waals surface area contributed by atoms with Gasteiger partial charge in [0.25, 0.3) is 0 Å². The summed E-state index contributed by atoms with van der Waals surface area (Å²) in [5.74, 6) is -1.13. The predicted molar refractivity (Wildman–Crippen MR) is 114 cm³/mol. The van der Waals surface area contributed by atoms with Crippen LogP contribution in [0.4, 0.5) is 0 Å². The number of benzene rings is 2. The van der Waals surface area contributed by atoms with Gasteiger partial charge in [-0.3, -0.25) is 9.59 Å². The molecule has 0 aromatic heterocycles. The Balaban J connectivity index is 2.18. The van der Waals surface area contributed by atoms with E-state index in [1.807, 2.05) is 86.7 Å². The van der Waals surface area contributed by atoms with Gasteiger partial charge in [-0.2, -0.15) is 0 Å². The zero-order chi connectivity index (χ0) is 21.1. The Bertz CT molecular complexity index is 883. The number of carbonyl (C=O) groups excluding carboxylic acids is 2. The number of ether oxygens (including phenoxy) is 2. The molecule has 3 rings (SSSR count). The van der Waals surface area contributed by atoms with E-state index >= 15 is 0 Å². The van der Waals surface area contributed by atoms with Gasteiger partial charge in [-0.15, -0.1) is 0 Å². The molecule has 0 radical (unpaired) electrons. The summed E-state index contributed by atoms with van der Waals surface area (Å²) in [6.07, 6.45) is 4.37. The Morgan fingerprint density at radius 2 is 1.10 bits per heavy atom. The van der Waals surface area contributed by atoms with Crippen molar-refractivity contribution < 1.29 is 19.1 Å². The van der Waals surface area contributed by atoms with Crippen molar-refractivity contribution in [2.24, 2.45) is 10.8 Å². The van der Waals surface area contributed by atoms with Crippen molar-refractivity contribution in [2.45, 2.75) is 20.3 Å². The summed E-state index contributed by atoms with van der Waals surface area (Å²) in [4.78, 5) is 25.7. The highest BCUT2D eigenvalue weighted by molar-refractivity contribution is 6.07. The van der Waals surface area contributed by atoms with Gasteiger partial charge in [0, 0.05) is 5.41 Å². The molecule has 0 unspecified atom stereocenters. The Morgan fingerprint density at radius 1 is 0.724 bits per heavy atom. The third-order valence-electron chi connectivity index (χ3n) is 5.91. The van der Waals surface area contributed by atoms with Crippen LogP contribution >= 0.6 is 0 Å². The lowest BCUT2D eigenvalue weighted by Crippen LogP contribution is -2.35. The molecule has 4 heteroatoms. The second-order valence-electron chi connectivity index (χ2n) is 7.45. The summed E-state index contributed by atoms with van der Waals surface area (Å²) >= 11 is 0. The number of allylic oxidation sites excluding steroid dienone is 2. The minimum atomic E-state index is -1.37. The number of rotatable bonds is 6. The van der Waals surface area contributed by atoms with Gasteiger partial charge in [-0.1, -0.05) is 84.0 Å².